The predicted octanol–water partition coefficient (Wildman–Crippen LogP) is 3.93. The van der Waals surface area contributed by atoms with E-state index in [-0.39, 0.29) is 17.4 Å². The number of carbonyl (C=O) groups is 1. The molecule has 0 saturated heterocycles. The Morgan fingerprint density at radius 1 is 1.29 bits per heavy atom. The van der Waals surface area contributed by atoms with E-state index in [0.29, 0.717) is 29.1 Å². The van der Waals surface area contributed by atoms with Crippen LogP contribution in [0.3, 0.4) is 0 Å². The summed E-state index contributed by atoms with van der Waals surface area (Å²) >= 11 is 0. The van der Waals surface area contributed by atoms with Crippen LogP contribution in [0.4, 0.5) is 10.2 Å². The number of hydrogen-bond donors (Lipinski definition) is 1. The first-order valence-corrected chi connectivity index (χ1v) is 10.1. The first kappa shape index (κ1) is 19.3. The molecule has 7 nitrogen and oxygen atoms in total. The van der Waals surface area contributed by atoms with E-state index in [9.17, 15) is 9.18 Å². The largest absolute Gasteiger partial charge is 0.491 e. The summed E-state index contributed by atoms with van der Waals surface area (Å²) in [7, 11) is 1.67. The van der Waals surface area contributed by atoms with Crippen LogP contribution >= 0.6 is 0 Å². The van der Waals surface area contributed by atoms with Gasteiger partial charge in [-0.1, -0.05) is 26.0 Å². The number of nitrogens with zero attached hydrogens (tertiary/aromatic N) is 4. The Morgan fingerprint density at radius 2 is 2.10 bits per heavy atom. The fourth-order valence-electron chi connectivity index (χ4n) is 4.08. The van der Waals surface area contributed by atoms with Gasteiger partial charge in [-0.05, 0) is 23.6 Å². The number of aromatic nitrogens is 3. The van der Waals surface area contributed by atoms with Gasteiger partial charge in [0.1, 0.15) is 29.5 Å². The number of fused-ring (bicyclic) bond motifs is 4. The van der Waals surface area contributed by atoms with Gasteiger partial charge in [0.05, 0.1) is 35.2 Å². The van der Waals surface area contributed by atoms with E-state index >= 15 is 0 Å². The molecule has 158 valence electrons. The minimum Gasteiger partial charge on any atom is -0.491 e. The van der Waals surface area contributed by atoms with Crippen LogP contribution in [0, 0.1) is 5.82 Å². The van der Waals surface area contributed by atoms with E-state index in [1.54, 1.807) is 24.0 Å². The maximum absolute atomic E-state index is 14.9. The topological polar surface area (TPSA) is 85.8 Å². The van der Waals surface area contributed by atoms with Crippen molar-refractivity contribution in [1.82, 2.24) is 19.3 Å². The second kappa shape index (κ2) is 6.94. The lowest BCUT2D eigenvalue weighted by Crippen LogP contribution is -2.32. The van der Waals surface area contributed by atoms with Crippen LogP contribution in [-0.2, 0) is 0 Å². The highest BCUT2D eigenvalue weighted by Crippen LogP contribution is 2.38. The van der Waals surface area contributed by atoms with Gasteiger partial charge in [-0.15, -0.1) is 0 Å². The first-order chi connectivity index (χ1) is 14.8. The molecule has 2 aromatic heterocycles. The summed E-state index contributed by atoms with van der Waals surface area (Å²) in [6, 6.07) is 8.50. The zero-order valence-corrected chi connectivity index (χ0v) is 17.5. The molecule has 1 amide bonds. The third-order valence-corrected chi connectivity index (χ3v) is 5.94. The Kier molecular flexibility index (Phi) is 4.32. The molecule has 0 saturated carbocycles. The molecule has 4 aromatic rings. The summed E-state index contributed by atoms with van der Waals surface area (Å²) in [5.74, 6) is 0.321. The number of amides is 1. The van der Waals surface area contributed by atoms with Gasteiger partial charge in [-0.25, -0.2) is 14.4 Å². The number of carbonyl (C=O) groups excluding carboxylic acids is 1. The van der Waals surface area contributed by atoms with E-state index in [0.717, 1.165) is 11.3 Å². The highest BCUT2D eigenvalue weighted by Gasteiger charge is 2.32. The normalized spacial score (nSPS) is 15.5. The number of anilines is 1. The standard InChI is InChI=1S/C23H22FN5O2/c1-12(2)13-4-5-14-20(10-31-21(14)6-13)28(3)23(30)15-7-18-17(8-16(15)24)27-22(25)19-9-26-11-29(18)19/h4-9,11-12,20H,10H2,1-3H3,(H2,25,27)/t20-/m1/s1. The van der Waals surface area contributed by atoms with Crippen molar-refractivity contribution in [3.8, 4) is 5.75 Å². The van der Waals surface area contributed by atoms with Crippen molar-refractivity contribution in [2.45, 2.75) is 25.8 Å². The Bertz CT molecular complexity index is 1350. The highest BCUT2D eigenvalue weighted by molar-refractivity contribution is 5.98. The number of nitrogen functional groups attached to an aromatic ring is 1. The second-order valence-corrected chi connectivity index (χ2v) is 8.16. The molecule has 1 aliphatic heterocycles. The van der Waals surface area contributed by atoms with Gasteiger partial charge >= 0.3 is 0 Å². The molecule has 2 aromatic carbocycles. The van der Waals surface area contributed by atoms with Crippen molar-refractivity contribution in [2.24, 2.45) is 0 Å². The number of imidazole rings is 1. The summed E-state index contributed by atoms with van der Waals surface area (Å²) in [4.78, 5) is 23.1. The lowest BCUT2D eigenvalue weighted by Gasteiger charge is -2.24. The zero-order chi connectivity index (χ0) is 21.9. The van der Waals surface area contributed by atoms with E-state index in [2.05, 4.69) is 23.8 Å². The number of hydrogen-bond acceptors (Lipinski definition) is 5. The Balaban J connectivity index is 1.53. The van der Waals surface area contributed by atoms with E-state index in [1.807, 2.05) is 18.2 Å². The fraction of sp³-hybridized carbons (Fsp3) is 0.261. The summed E-state index contributed by atoms with van der Waals surface area (Å²) in [5.41, 5.74) is 9.51. The maximum atomic E-state index is 14.9. The summed E-state index contributed by atoms with van der Waals surface area (Å²) in [6.45, 7) is 4.57. The summed E-state index contributed by atoms with van der Waals surface area (Å²) in [6.07, 6.45) is 3.15. The number of ether oxygens (including phenoxy) is 1. The van der Waals surface area contributed by atoms with Crippen LogP contribution in [0.25, 0.3) is 16.6 Å². The van der Waals surface area contributed by atoms with Crippen LogP contribution in [0.1, 0.15) is 47.3 Å². The second-order valence-electron chi connectivity index (χ2n) is 8.16. The van der Waals surface area contributed by atoms with Crippen LogP contribution in [0.5, 0.6) is 5.75 Å². The molecule has 8 heteroatoms. The monoisotopic (exact) mass is 419 g/mol. The average Bonchev–Trinajstić information content (AvgIpc) is 3.39. The Morgan fingerprint density at radius 3 is 2.87 bits per heavy atom. The lowest BCUT2D eigenvalue weighted by molar-refractivity contribution is 0.0704. The molecule has 0 aliphatic carbocycles. The van der Waals surface area contributed by atoms with Gasteiger partial charge in [0.25, 0.3) is 5.91 Å². The minimum absolute atomic E-state index is 0.0381. The number of nitrogens with two attached hydrogens (primary N) is 1. The van der Waals surface area contributed by atoms with Crippen LogP contribution < -0.4 is 10.5 Å². The van der Waals surface area contributed by atoms with Gasteiger partial charge in [0, 0.05) is 18.7 Å². The predicted molar refractivity (Wildman–Crippen MR) is 116 cm³/mol. The van der Waals surface area contributed by atoms with Crippen molar-refractivity contribution in [3.05, 3.63) is 65.4 Å². The van der Waals surface area contributed by atoms with Gasteiger partial charge in [-0.2, -0.15) is 0 Å². The minimum atomic E-state index is -0.648. The summed E-state index contributed by atoms with van der Waals surface area (Å²) in [5, 5.41) is 0. The highest BCUT2D eigenvalue weighted by atomic mass is 19.1. The van der Waals surface area contributed by atoms with Gasteiger partial charge in [0.2, 0.25) is 0 Å². The van der Waals surface area contributed by atoms with Crippen LogP contribution in [0.2, 0.25) is 0 Å². The average molecular weight is 419 g/mol. The lowest BCUT2D eigenvalue weighted by atomic mass is 9.98. The third kappa shape index (κ3) is 2.98. The SMILES string of the molecule is CC(C)c1ccc2c(c1)OC[C@H]2N(C)C(=O)c1cc2c(cc1F)nc(N)c1cncn12. The molecule has 3 heterocycles. The molecular formula is C23H22FN5O2. The third-order valence-electron chi connectivity index (χ3n) is 5.94. The first-order valence-electron chi connectivity index (χ1n) is 10.1. The zero-order valence-electron chi connectivity index (χ0n) is 17.5. The van der Waals surface area contributed by atoms with Crippen molar-refractivity contribution in [1.29, 1.82) is 0 Å². The van der Waals surface area contributed by atoms with Gasteiger partial charge in [-0.3, -0.25) is 9.20 Å². The van der Waals surface area contributed by atoms with E-state index in [4.69, 9.17) is 10.5 Å². The van der Waals surface area contributed by atoms with Crippen molar-refractivity contribution in [3.63, 3.8) is 0 Å². The molecule has 0 fully saturated rings. The van der Waals surface area contributed by atoms with Crippen LogP contribution in [0.15, 0.2) is 42.9 Å². The fourth-order valence-corrected chi connectivity index (χ4v) is 4.08. The molecule has 2 N–H and O–H groups in total. The van der Waals surface area contributed by atoms with Crippen molar-refractivity contribution >= 4 is 28.3 Å². The van der Waals surface area contributed by atoms with Crippen molar-refractivity contribution < 1.29 is 13.9 Å². The van der Waals surface area contributed by atoms with Gasteiger partial charge < -0.3 is 15.4 Å². The summed E-state index contributed by atoms with van der Waals surface area (Å²) < 4.78 is 22.5. The molecule has 0 spiro atoms. The van der Waals surface area contributed by atoms with E-state index in [1.165, 1.54) is 22.6 Å². The number of rotatable bonds is 3. The Labute approximate surface area is 178 Å². The molecule has 0 radical (unpaired) electrons. The number of likely N-dealkylation sites (N-methyl/N-ethyl adjacent to an activating group) is 1. The smallest absolute Gasteiger partial charge is 0.257 e. The molecule has 31 heavy (non-hydrogen) atoms. The number of halogens is 1. The molecule has 1 aliphatic rings. The van der Waals surface area contributed by atoms with Crippen molar-refractivity contribution in [2.75, 3.05) is 19.4 Å². The maximum Gasteiger partial charge on any atom is 0.257 e. The molecular weight excluding hydrogens is 397 g/mol. The quantitative estimate of drug-likeness (QED) is 0.544. The number of benzene rings is 2. The molecule has 0 unspecified atom stereocenters. The Hall–Kier alpha value is -3.68. The molecule has 0 bridgehead atoms. The molecule has 5 rings (SSSR count). The van der Waals surface area contributed by atoms with Crippen LogP contribution in [-0.4, -0.2) is 38.8 Å². The molecule has 1 atom stereocenters. The van der Waals surface area contributed by atoms with E-state index < -0.39 is 11.7 Å². The van der Waals surface area contributed by atoms with Gasteiger partial charge in [0.15, 0.2) is 0 Å².